The Morgan fingerprint density at radius 1 is 0.929 bits per heavy atom. The molecule has 0 bridgehead atoms. The summed E-state index contributed by atoms with van der Waals surface area (Å²) in [6.07, 6.45) is 2.21. The van der Waals surface area contributed by atoms with Gasteiger partial charge in [-0.3, -0.25) is 4.98 Å². The number of nitrogens with two attached hydrogens (primary N) is 1. The Balaban J connectivity index is 0.000000921. The Morgan fingerprint density at radius 3 is 2.04 bits per heavy atom. The van der Waals surface area contributed by atoms with Crippen molar-refractivity contribution in [2.45, 2.75) is 60.4 Å². The van der Waals surface area contributed by atoms with E-state index in [1.54, 1.807) is 0 Å². The standard InChI is InChI=1S/C21H27N3.CH5N.CH4O/c1-12(2)18-9-8-17(16(7)22-18)20-14(5)10-19-21(23-20)15(6)11-24(19)13(3)4;2*1-2/h8-13H,1-7H3;2H2,1H3;2H,1H3. The summed E-state index contributed by atoms with van der Waals surface area (Å²) in [6, 6.07) is 7.00. The van der Waals surface area contributed by atoms with Gasteiger partial charge in [-0.1, -0.05) is 13.8 Å². The largest absolute Gasteiger partial charge is 0.400 e. The number of nitrogens with zero attached hydrogens (tertiary/aromatic N) is 3. The number of aromatic nitrogens is 3. The molecular weight excluding hydrogens is 348 g/mol. The summed E-state index contributed by atoms with van der Waals surface area (Å²) in [5.74, 6) is 0.441. The van der Waals surface area contributed by atoms with Gasteiger partial charge in [-0.2, -0.15) is 0 Å². The SMILES string of the molecule is CN.CO.Cc1cc2c(nc1-c1ccc(C(C)C)nc1C)c(C)cn2C(C)C. The Kier molecular flexibility index (Phi) is 8.79. The van der Waals surface area contributed by atoms with Crippen molar-refractivity contribution < 1.29 is 5.11 Å². The van der Waals surface area contributed by atoms with Crippen molar-refractivity contribution in [3.05, 3.63) is 46.9 Å². The molecule has 154 valence electrons. The molecule has 0 amide bonds. The minimum Gasteiger partial charge on any atom is -0.400 e. The summed E-state index contributed by atoms with van der Waals surface area (Å²) in [5.41, 5.74) is 13.6. The maximum atomic E-state index is 7.00. The normalized spacial score (nSPS) is 10.6. The van der Waals surface area contributed by atoms with Gasteiger partial charge in [-0.25, -0.2) is 4.98 Å². The Bertz CT molecular complexity index is 911. The van der Waals surface area contributed by atoms with Crippen molar-refractivity contribution in [2.24, 2.45) is 5.73 Å². The van der Waals surface area contributed by atoms with E-state index >= 15 is 0 Å². The van der Waals surface area contributed by atoms with E-state index in [9.17, 15) is 0 Å². The molecule has 5 heteroatoms. The number of fused-ring (bicyclic) bond motifs is 1. The molecule has 0 saturated carbocycles. The van der Waals surface area contributed by atoms with Crippen LogP contribution in [0.25, 0.3) is 22.3 Å². The first-order valence-corrected chi connectivity index (χ1v) is 9.78. The lowest BCUT2D eigenvalue weighted by Crippen LogP contribution is -2.01. The zero-order valence-electron chi connectivity index (χ0n) is 18.8. The van der Waals surface area contributed by atoms with Crippen molar-refractivity contribution in [3.8, 4) is 11.3 Å². The fraction of sp³-hybridized carbons (Fsp3) is 0.478. The van der Waals surface area contributed by atoms with Crippen LogP contribution in [0.4, 0.5) is 0 Å². The smallest absolute Gasteiger partial charge is 0.0917 e. The molecule has 0 spiro atoms. The summed E-state index contributed by atoms with van der Waals surface area (Å²) >= 11 is 0. The van der Waals surface area contributed by atoms with Gasteiger partial charge in [-0.05, 0) is 76.9 Å². The van der Waals surface area contributed by atoms with Gasteiger partial charge in [0.2, 0.25) is 0 Å². The van der Waals surface area contributed by atoms with Crippen LogP contribution in [0, 0.1) is 20.8 Å². The summed E-state index contributed by atoms with van der Waals surface area (Å²) in [6.45, 7) is 15.1. The summed E-state index contributed by atoms with van der Waals surface area (Å²) in [5, 5.41) is 7.00. The maximum Gasteiger partial charge on any atom is 0.0917 e. The highest BCUT2D eigenvalue weighted by Gasteiger charge is 2.15. The van der Waals surface area contributed by atoms with Crippen molar-refractivity contribution in [2.75, 3.05) is 14.2 Å². The van der Waals surface area contributed by atoms with Crippen LogP contribution in [0.2, 0.25) is 0 Å². The average Bonchev–Trinajstić information content (AvgIpc) is 3.00. The summed E-state index contributed by atoms with van der Waals surface area (Å²) in [7, 11) is 2.50. The molecule has 0 unspecified atom stereocenters. The van der Waals surface area contributed by atoms with E-state index in [1.165, 1.54) is 23.7 Å². The second kappa shape index (κ2) is 10.3. The number of hydrogen-bond donors (Lipinski definition) is 2. The first-order chi connectivity index (χ1) is 13.3. The lowest BCUT2D eigenvalue weighted by Gasteiger charge is -2.13. The van der Waals surface area contributed by atoms with Gasteiger partial charge in [-0.15, -0.1) is 0 Å². The summed E-state index contributed by atoms with van der Waals surface area (Å²) in [4.78, 5) is 9.80. The molecule has 3 aromatic rings. The second-order valence-electron chi connectivity index (χ2n) is 7.36. The molecule has 3 heterocycles. The van der Waals surface area contributed by atoms with Crippen LogP contribution in [0.5, 0.6) is 0 Å². The molecule has 5 nitrogen and oxygen atoms in total. The Labute approximate surface area is 169 Å². The monoisotopic (exact) mass is 384 g/mol. The quantitative estimate of drug-likeness (QED) is 0.672. The first kappa shape index (κ1) is 23.8. The van der Waals surface area contributed by atoms with Gasteiger partial charge in [0.05, 0.1) is 16.7 Å². The van der Waals surface area contributed by atoms with Gasteiger partial charge >= 0.3 is 0 Å². The zero-order chi connectivity index (χ0) is 21.6. The molecule has 3 aromatic heterocycles. The fourth-order valence-corrected chi connectivity index (χ4v) is 3.28. The van der Waals surface area contributed by atoms with E-state index < -0.39 is 0 Å². The number of aryl methyl sites for hydroxylation is 3. The Hall–Kier alpha value is -2.24. The molecule has 0 fully saturated rings. The highest BCUT2D eigenvalue weighted by molar-refractivity contribution is 5.84. The molecule has 3 N–H and O–H groups in total. The van der Waals surface area contributed by atoms with Crippen molar-refractivity contribution in [1.82, 2.24) is 14.5 Å². The highest BCUT2D eigenvalue weighted by atomic mass is 16.2. The zero-order valence-corrected chi connectivity index (χ0v) is 18.8. The molecule has 0 aliphatic rings. The van der Waals surface area contributed by atoms with E-state index in [-0.39, 0.29) is 0 Å². The van der Waals surface area contributed by atoms with Crippen LogP contribution in [0.15, 0.2) is 24.4 Å². The van der Waals surface area contributed by atoms with Crippen molar-refractivity contribution in [1.29, 1.82) is 0 Å². The van der Waals surface area contributed by atoms with E-state index in [1.807, 2.05) is 0 Å². The maximum absolute atomic E-state index is 7.00. The molecule has 0 atom stereocenters. The molecule has 28 heavy (non-hydrogen) atoms. The van der Waals surface area contributed by atoms with E-state index in [4.69, 9.17) is 15.1 Å². The van der Waals surface area contributed by atoms with Crippen LogP contribution >= 0.6 is 0 Å². The molecule has 3 rings (SSSR count). The third kappa shape index (κ3) is 4.78. The molecule has 0 saturated heterocycles. The average molecular weight is 385 g/mol. The van der Waals surface area contributed by atoms with Crippen molar-refractivity contribution in [3.63, 3.8) is 0 Å². The van der Waals surface area contributed by atoms with Crippen LogP contribution < -0.4 is 5.73 Å². The topological polar surface area (TPSA) is 77.0 Å². The number of hydrogen-bond acceptors (Lipinski definition) is 4. The van der Waals surface area contributed by atoms with Crippen LogP contribution in [-0.4, -0.2) is 33.8 Å². The van der Waals surface area contributed by atoms with Crippen LogP contribution in [0.1, 0.15) is 62.2 Å². The second-order valence-corrected chi connectivity index (χ2v) is 7.36. The number of pyridine rings is 2. The summed E-state index contributed by atoms with van der Waals surface area (Å²) < 4.78 is 2.31. The fourth-order valence-electron chi connectivity index (χ4n) is 3.28. The van der Waals surface area contributed by atoms with Gasteiger partial charge < -0.3 is 15.4 Å². The lowest BCUT2D eigenvalue weighted by molar-refractivity contribution is 0.399. The minimum absolute atomic E-state index is 0.432. The Morgan fingerprint density at radius 2 is 1.54 bits per heavy atom. The van der Waals surface area contributed by atoms with Gasteiger partial charge in [0.15, 0.2) is 0 Å². The van der Waals surface area contributed by atoms with E-state index in [0.717, 1.165) is 35.3 Å². The predicted molar refractivity (Wildman–Crippen MR) is 120 cm³/mol. The third-order valence-electron chi connectivity index (χ3n) is 4.69. The third-order valence-corrected chi connectivity index (χ3v) is 4.69. The predicted octanol–water partition coefficient (Wildman–Crippen LogP) is 4.91. The molecular formula is C23H36N4O. The molecule has 0 aromatic carbocycles. The number of aliphatic hydroxyl groups excluding tert-OH is 1. The molecule has 0 aliphatic heterocycles. The number of rotatable bonds is 3. The van der Waals surface area contributed by atoms with Gasteiger partial charge in [0.1, 0.15) is 0 Å². The number of aliphatic hydroxyl groups is 1. The minimum atomic E-state index is 0.432. The van der Waals surface area contributed by atoms with Crippen LogP contribution in [-0.2, 0) is 0 Å². The van der Waals surface area contributed by atoms with Crippen LogP contribution in [0.3, 0.4) is 0 Å². The lowest BCUT2D eigenvalue weighted by atomic mass is 10.0. The highest BCUT2D eigenvalue weighted by Crippen LogP contribution is 2.31. The first-order valence-electron chi connectivity index (χ1n) is 9.78. The molecule has 0 aliphatic carbocycles. The van der Waals surface area contributed by atoms with E-state index in [0.29, 0.717) is 12.0 Å². The molecule has 0 radical (unpaired) electrons. The van der Waals surface area contributed by atoms with Gasteiger partial charge in [0, 0.05) is 36.3 Å². The van der Waals surface area contributed by atoms with Gasteiger partial charge in [0.25, 0.3) is 0 Å². The van der Waals surface area contributed by atoms with E-state index in [2.05, 4.69) is 83.2 Å². The van der Waals surface area contributed by atoms with Crippen molar-refractivity contribution >= 4 is 11.0 Å².